The highest BCUT2D eigenvalue weighted by Gasteiger charge is 2.31. The Balaban J connectivity index is 2.36. The van der Waals surface area contributed by atoms with Crippen molar-refractivity contribution >= 4 is 31.5 Å². The van der Waals surface area contributed by atoms with Crippen molar-refractivity contribution in [2.45, 2.75) is 34.7 Å². The SMILES string of the molecule is CS(=O)(=O)c1ccc(Cl)c(S(=O)(=O)NC2CC(N)C2)c1. The summed E-state index contributed by atoms with van der Waals surface area (Å²) >= 11 is 5.87. The molecule has 112 valence electrons. The molecule has 0 aromatic heterocycles. The highest BCUT2D eigenvalue weighted by molar-refractivity contribution is 7.91. The number of hydrogen-bond acceptors (Lipinski definition) is 5. The minimum atomic E-state index is -3.86. The molecule has 0 radical (unpaired) electrons. The van der Waals surface area contributed by atoms with Gasteiger partial charge in [-0.2, -0.15) is 0 Å². The zero-order valence-corrected chi connectivity index (χ0v) is 13.1. The number of nitrogens with two attached hydrogens (primary N) is 1. The normalized spacial score (nSPS) is 23.4. The molecule has 1 aliphatic rings. The Kier molecular flexibility index (Phi) is 4.14. The molecule has 1 saturated carbocycles. The van der Waals surface area contributed by atoms with Gasteiger partial charge in [0.15, 0.2) is 9.84 Å². The van der Waals surface area contributed by atoms with Gasteiger partial charge in [-0.3, -0.25) is 0 Å². The predicted molar refractivity (Wildman–Crippen MR) is 75.9 cm³/mol. The molecule has 1 aromatic carbocycles. The molecule has 0 bridgehead atoms. The first-order valence-electron chi connectivity index (χ1n) is 5.87. The number of sulfone groups is 1. The fourth-order valence-electron chi connectivity index (χ4n) is 1.96. The van der Waals surface area contributed by atoms with Crippen LogP contribution in [0.1, 0.15) is 12.8 Å². The van der Waals surface area contributed by atoms with E-state index in [1.54, 1.807) is 0 Å². The minimum absolute atomic E-state index is 0.000487. The van der Waals surface area contributed by atoms with Gasteiger partial charge in [0.2, 0.25) is 10.0 Å². The molecular weight excluding hydrogens is 324 g/mol. The summed E-state index contributed by atoms with van der Waals surface area (Å²) < 4.78 is 49.9. The van der Waals surface area contributed by atoms with Gasteiger partial charge in [-0.05, 0) is 31.0 Å². The Morgan fingerprint density at radius 3 is 2.35 bits per heavy atom. The quantitative estimate of drug-likeness (QED) is 0.832. The fourth-order valence-corrected chi connectivity index (χ4v) is 4.47. The molecule has 0 saturated heterocycles. The van der Waals surface area contributed by atoms with Crippen molar-refractivity contribution in [3.05, 3.63) is 23.2 Å². The summed E-state index contributed by atoms with van der Waals surface area (Å²) in [6.07, 6.45) is 2.12. The van der Waals surface area contributed by atoms with Crippen LogP contribution in [0.25, 0.3) is 0 Å². The van der Waals surface area contributed by atoms with Crippen LogP contribution in [0.2, 0.25) is 5.02 Å². The van der Waals surface area contributed by atoms with Crippen LogP contribution in [0.3, 0.4) is 0 Å². The van der Waals surface area contributed by atoms with Gasteiger partial charge in [0.05, 0.1) is 9.92 Å². The summed E-state index contributed by atoms with van der Waals surface area (Å²) in [5.41, 5.74) is 5.60. The average Bonchev–Trinajstić information content (AvgIpc) is 2.25. The predicted octanol–water partition coefficient (Wildman–Crippen LogP) is 0.512. The minimum Gasteiger partial charge on any atom is -0.328 e. The molecule has 0 atom stereocenters. The topological polar surface area (TPSA) is 106 Å². The summed E-state index contributed by atoms with van der Waals surface area (Å²) in [7, 11) is -7.36. The molecule has 0 unspecified atom stereocenters. The average molecular weight is 339 g/mol. The highest BCUT2D eigenvalue weighted by Crippen LogP contribution is 2.27. The van der Waals surface area contributed by atoms with Gasteiger partial charge in [0.25, 0.3) is 0 Å². The maximum Gasteiger partial charge on any atom is 0.242 e. The van der Waals surface area contributed by atoms with Crippen molar-refractivity contribution in [3.63, 3.8) is 0 Å². The van der Waals surface area contributed by atoms with Crippen LogP contribution in [0.4, 0.5) is 0 Å². The standard InChI is InChI=1S/C11H15ClN2O4S2/c1-19(15,16)9-2-3-10(12)11(6-9)20(17,18)14-8-4-7(13)5-8/h2-3,6-8,14H,4-5,13H2,1H3. The lowest BCUT2D eigenvalue weighted by Gasteiger charge is -2.32. The molecule has 20 heavy (non-hydrogen) atoms. The zero-order chi connectivity index (χ0) is 15.1. The molecule has 0 amide bonds. The highest BCUT2D eigenvalue weighted by atomic mass is 35.5. The number of sulfonamides is 1. The van der Waals surface area contributed by atoms with Gasteiger partial charge < -0.3 is 5.73 Å². The smallest absolute Gasteiger partial charge is 0.242 e. The van der Waals surface area contributed by atoms with Gasteiger partial charge in [-0.25, -0.2) is 21.6 Å². The summed E-state index contributed by atoms with van der Waals surface area (Å²) in [5, 5.41) is -0.0199. The first kappa shape index (κ1) is 15.7. The van der Waals surface area contributed by atoms with Crippen LogP contribution in [-0.4, -0.2) is 35.2 Å². The van der Waals surface area contributed by atoms with E-state index in [4.69, 9.17) is 17.3 Å². The van der Waals surface area contributed by atoms with Crippen LogP contribution >= 0.6 is 11.6 Å². The Morgan fingerprint density at radius 1 is 1.25 bits per heavy atom. The second-order valence-corrected chi connectivity index (χ2v) is 9.02. The van der Waals surface area contributed by atoms with Gasteiger partial charge in [-0.15, -0.1) is 0 Å². The number of rotatable bonds is 4. The first-order valence-corrected chi connectivity index (χ1v) is 9.62. The molecule has 2 rings (SSSR count). The Bertz CT molecular complexity index is 725. The number of hydrogen-bond donors (Lipinski definition) is 2. The maximum absolute atomic E-state index is 12.2. The monoisotopic (exact) mass is 338 g/mol. The van der Waals surface area contributed by atoms with Crippen molar-refractivity contribution in [2.75, 3.05) is 6.26 Å². The third-order valence-electron chi connectivity index (χ3n) is 3.12. The van der Waals surface area contributed by atoms with Crippen LogP contribution in [0.15, 0.2) is 28.0 Å². The molecule has 0 heterocycles. The molecule has 3 N–H and O–H groups in total. The lowest BCUT2D eigenvalue weighted by Crippen LogP contribution is -2.50. The molecule has 1 aliphatic carbocycles. The van der Waals surface area contributed by atoms with Gasteiger partial charge in [0.1, 0.15) is 4.90 Å². The third kappa shape index (κ3) is 3.32. The first-order chi connectivity index (χ1) is 9.09. The molecule has 0 spiro atoms. The summed E-state index contributed by atoms with van der Waals surface area (Å²) in [4.78, 5) is -0.324. The largest absolute Gasteiger partial charge is 0.328 e. The summed E-state index contributed by atoms with van der Waals surface area (Å²) in [6, 6.07) is 3.38. The van der Waals surface area contributed by atoms with Crippen LogP contribution in [-0.2, 0) is 19.9 Å². The summed E-state index contributed by atoms with van der Waals surface area (Å²) in [5.74, 6) is 0. The zero-order valence-electron chi connectivity index (χ0n) is 10.7. The Hall–Kier alpha value is -0.670. The van der Waals surface area contributed by atoms with E-state index in [2.05, 4.69) is 4.72 Å². The number of benzene rings is 1. The molecule has 0 aliphatic heterocycles. The van der Waals surface area contributed by atoms with Crippen molar-refractivity contribution in [2.24, 2.45) is 5.73 Å². The van der Waals surface area contributed by atoms with E-state index in [0.717, 1.165) is 12.3 Å². The summed E-state index contributed by atoms with van der Waals surface area (Å²) in [6.45, 7) is 0. The maximum atomic E-state index is 12.2. The van der Waals surface area contributed by atoms with Gasteiger partial charge in [-0.1, -0.05) is 11.6 Å². The number of halogens is 1. The van der Waals surface area contributed by atoms with Crippen molar-refractivity contribution in [3.8, 4) is 0 Å². The second-order valence-electron chi connectivity index (χ2n) is 4.91. The fraction of sp³-hybridized carbons (Fsp3) is 0.455. The lowest BCUT2D eigenvalue weighted by atomic mass is 9.89. The van der Waals surface area contributed by atoms with E-state index in [0.29, 0.717) is 12.8 Å². The van der Waals surface area contributed by atoms with E-state index in [1.807, 2.05) is 0 Å². The van der Waals surface area contributed by atoms with Crippen LogP contribution < -0.4 is 10.5 Å². The second kappa shape index (κ2) is 5.27. The molecule has 1 aromatic rings. The third-order valence-corrected chi connectivity index (χ3v) is 6.23. The molecule has 9 heteroatoms. The van der Waals surface area contributed by atoms with E-state index >= 15 is 0 Å². The van der Waals surface area contributed by atoms with Gasteiger partial charge >= 0.3 is 0 Å². The molecular formula is C11H15ClN2O4S2. The van der Waals surface area contributed by atoms with E-state index < -0.39 is 19.9 Å². The Morgan fingerprint density at radius 2 is 1.85 bits per heavy atom. The van der Waals surface area contributed by atoms with Gasteiger partial charge in [0, 0.05) is 18.3 Å². The molecule has 1 fully saturated rings. The van der Waals surface area contributed by atoms with Crippen molar-refractivity contribution in [1.29, 1.82) is 0 Å². The molecule has 6 nitrogen and oxygen atoms in total. The van der Waals surface area contributed by atoms with Crippen molar-refractivity contribution < 1.29 is 16.8 Å². The van der Waals surface area contributed by atoms with E-state index in [1.165, 1.54) is 12.1 Å². The van der Waals surface area contributed by atoms with Crippen LogP contribution in [0.5, 0.6) is 0 Å². The van der Waals surface area contributed by atoms with Crippen LogP contribution in [0, 0.1) is 0 Å². The van der Waals surface area contributed by atoms with E-state index in [-0.39, 0.29) is 26.9 Å². The lowest BCUT2D eigenvalue weighted by molar-refractivity contribution is 0.327. The van der Waals surface area contributed by atoms with Crippen molar-refractivity contribution in [1.82, 2.24) is 4.72 Å². The van der Waals surface area contributed by atoms with E-state index in [9.17, 15) is 16.8 Å². The Labute approximate surface area is 123 Å². The number of nitrogens with one attached hydrogen (secondary N) is 1.